The first-order valence-electron chi connectivity index (χ1n) is 6.90. The molecule has 0 aliphatic rings. The van der Waals surface area contributed by atoms with Crippen LogP contribution in [0.5, 0.6) is 0 Å². The number of rotatable bonds is 6. The molecule has 0 saturated heterocycles. The molecule has 0 unspecified atom stereocenters. The van der Waals surface area contributed by atoms with E-state index in [1.807, 2.05) is 32.0 Å². The molecule has 0 spiro atoms. The molecule has 21 heavy (non-hydrogen) atoms. The summed E-state index contributed by atoms with van der Waals surface area (Å²) >= 11 is 1.35. The van der Waals surface area contributed by atoms with Crippen molar-refractivity contribution in [2.75, 3.05) is 12.3 Å². The summed E-state index contributed by atoms with van der Waals surface area (Å²) in [6.45, 7) is 4.67. The van der Waals surface area contributed by atoms with Crippen LogP contribution in [0.25, 0.3) is 0 Å². The SMILES string of the molecule is CCc1ccc(S(=O)(=O)N(CC)Cc2ccc(N)cc2)s1. The number of benzene rings is 1. The van der Waals surface area contributed by atoms with Crippen molar-refractivity contribution in [3.8, 4) is 0 Å². The van der Waals surface area contributed by atoms with Gasteiger partial charge in [0, 0.05) is 23.7 Å². The third kappa shape index (κ3) is 3.64. The molecule has 6 heteroatoms. The zero-order valence-electron chi connectivity index (χ0n) is 12.2. The van der Waals surface area contributed by atoms with Crippen molar-refractivity contribution in [1.29, 1.82) is 0 Å². The fourth-order valence-electron chi connectivity index (χ4n) is 2.01. The summed E-state index contributed by atoms with van der Waals surface area (Å²) in [7, 11) is -3.43. The number of nitrogens with zero attached hydrogens (tertiary/aromatic N) is 1. The Labute approximate surface area is 130 Å². The van der Waals surface area contributed by atoms with Gasteiger partial charge in [0.15, 0.2) is 0 Å². The molecule has 1 aromatic carbocycles. The minimum atomic E-state index is -3.43. The third-order valence-corrected chi connectivity index (χ3v) is 6.89. The average Bonchev–Trinajstić information content (AvgIpc) is 2.96. The number of thiophene rings is 1. The maximum Gasteiger partial charge on any atom is 0.252 e. The largest absolute Gasteiger partial charge is 0.399 e. The summed E-state index contributed by atoms with van der Waals surface area (Å²) < 4.78 is 27.3. The van der Waals surface area contributed by atoms with Gasteiger partial charge in [-0.1, -0.05) is 26.0 Å². The van der Waals surface area contributed by atoms with Gasteiger partial charge >= 0.3 is 0 Å². The summed E-state index contributed by atoms with van der Waals surface area (Å²) in [5.41, 5.74) is 7.26. The van der Waals surface area contributed by atoms with Crippen LogP contribution in [0.4, 0.5) is 5.69 Å². The first-order valence-corrected chi connectivity index (χ1v) is 9.16. The molecule has 2 rings (SSSR count). The van der Waals surface area contributed by atoms with E-state index in [1.165, 1.54) is 15.6 Å². The Morgan fingerprint density at radius 2 is 1.76 bits per heavy atom. The van der Waals surface area contributed by atoms with Crippen molar-refractivity contribution >= 4 is 27.0 Å². The normalized spacial score (nSPS) is 12.0. The van der Waals surface area contributed by atoms with Gasteiger partial charge in [-0.05, 0) is 36.2 Å². The Morgan fingerprint density at radius 1 is 1.10 bits per heavy atom. The lowest BCUT2D eigenvalue weighted by Crippen LogP contribution is -2.29. The van der Waals surface area contributed by atoms with Crippen LogP contribution in [-0.4, -0.2) is 19.3 Å². The number of aryl methyl sites for hydroxylation is 1. The number of sulfonamides is 1. The van der Waals surface area contributed by atoms with Crippen LogP contribution < -0.4 is 5.73 Å². The minimum Gasteiger partial charge on any atom is -0.399 e. The van der Waals surface area contributed by atoms with Crippen molar-refractivity contribution in [1.82, 2.24) is 4.31 Å². The Balaban J connectivity index is 2.24. The molecule has 1 aromatic heterocycles. The molecule has 114 valence electrons. The van der Waals surface area contributed by atoms with Crippen molar-refractivity contribution in [2.24, 2.45) is 0 Å². The van der Waals surface area contributed by atoms with Crippen LogP contribution in [0.15, 0.2) is 40.6 Å². The molecular formula is C15H20N2O2S2. The van der Waals surface area contributed by atoms with E-state index in [0.29, 0.717) is 23.0 Å². The zero-order valence-corrected chi connectivity index (χ0v) is 13.9. The van der Waals surface area contributed by atoms with Gasteiger partial charge in [0.25, 0.3) is 10.0 Å². The topological polar surface area (TPSA) is 63.4 Å². The van der Waals surface area contributed by atoms with Gasteiger partial charge in [0.2, 0.25) is 0 Å². The van der Waals surface area contributed by atoms with E-state index in [4.69, 9.17) is 5.73 Å². The molecule has 0 radical (unpaired) electrons. The van der Waals surface area contributed by atoms with Crippen molar-refractivity contribution < 1.29 is 8.42 Å². The standard InChI is InChI=1S/C15H20N2O2S2/c1-3-14-9-10-15(20-14)21(18,19)17(4-2)11-12-5-7-13(16)8-6-12/h5-10H,3-4,11,16H2,1-2H3. The monoisotopic (exact) mass is 324 g/mol. The van der Waals surface area contributed by atoms with E-state index in [2.05, 4.69) is 0 Å². The summed E-state index contributed by atoms with van der Waals surface area (Å²) in [6, 6.07) is 10.9. The lowest BCUT2D eigenvalue weighted by atomic mass is 10.2. The van der Waals surface area contributed by atoms with Crippen molar-refractivity contribution in [3.63, 3.8) is 0 Å². The highest BCUT2D eigenvalue weighted by molar-refractivity contribution is 7.91. The summed E-state index contributed by atoms with van der Waals surface area (Å²) in [4.78, 5) is 1.08. The quantitative estimate of drug-likeness (QED) is 0.831. The summed E-state index contributed by atoms with van der Waals surface area (Å²) in [5, 5.41) is 0. The highest BCUT2D eigenvalue weighted by atomic mass is 32.2. The van der Waals surface area contributed by atoms with E-state index in [9.17, 15) is 8.42 Å². The fourth-order valence-corrected chi connectivity index (χ4v) is 4.89. The van der Waals surface area contributed by atoms with E-state index in [1.54, 1.807) is 18.2 Å². The smallest absolute Gasteiger partial charge is 0.252 e. The molecular weight excluding hydrogens is 304 g/mol. The first-order chi connectivity index (χ1) is 9.97. The molecule has 0 bridgehead atoms. The van der Waals surface area contributed by atoms with Gasteiger partial charge in [-0.15, -0.1) is 11.3 Å². The van der Waals surface area contributed by atoms with E-state index < -0.39 is 10.0 Å². The molecule has 1 heterocycles. The second kappa shape index (κ2) is 6.60. The second-order valence-corrected chi connectivity index (χ2v) is 8.08. The highest BCUT2D eigenvalue weighted by Gasteiger charge is 2.24. The van der Waals surface area contributed by atoms with Gasteiger partial charge < -0.3 is 5.73 Å². The molecule has 0 aliphatic carbocycles. The number of nitrogen functional groups attached to an aromatic ring is 1. The van der Waals surface area contributed by atoms with E-state index in [-0.39, 0.29) is 0 Å². The Kier molecular flexibility index (Phi) is 5.03. The molecule has 0 amide bonds. The van der Waals surface area contributed by atoms with E-state index in [0.717, 1.165) is 16.9 Å². The maximum absolute atomic E-state index is 12.7. The van der Waals surface area contributed by atoms with Crippen molar-refractivity contribution in [3.05, 3.63) is 46.8 Å². The van der Waals surface area contributed by atoms with Gasteiger partial charge in [-0.25, -0.2) is 8.42 Å². The zero-order chi connectivity index (χ0) is 15.5. The lowest BCUT2D eigenvalue weighted by Gasteiger charge is -2.19. The van der Waals surface area contributed by atoms with Crippen LogP contribution >= 0.6 is 11.3 Å². The third-order valence-electron chi connectivity index (χ3n) is 3.27. The number of nitrogens with two attached hydrogens (primary N) is 1. The van der Waals surface area contributed by atoms with Gasteiger partial charge in [0.1, 0.15) is 4.21 Å². The average molecular weight is 324 g/mol. The Hall–Kier alpha value is -1.37. The van der Waals surface area contributed by atoms with Gasteiger partial charge in [0.05, 0.1) is 0 Å². The molecule has 0 aliphatic heterocycles. The van der Waals surface area contributed by atoms with Gasteiger partial charge in [-0.3, -0.25) is 0 Å². The molecule has 0 saturated carbocycles. The number of anilines is 1. The second-order valence-electron chi connectivity index (χ2n) is 4.75. The molecule has 0 fully saturated rings. The van der Waals surface area contributed by atoms with Crippen LogP contribution in [0, 0.1) is 0 Å². The number of hydrogen-bond donors (Lipinski definition) is 1. The van der Waals surface area contributed by atoms with Crippen LogP contribution in [0.1, 0.15) is 24.3 Å². The predicted molar refractivity (Wildman–Crippen MR) is 87.8 cm³/mol. The first kappa shape index (κ1) is 16.0. The number of hydrogen-bond acceptors (Lipinski definition) is 4. The summed E-state index contributed by atoms with van der Waals surface area (Å²) in [5.74, 6) is 0. The minimum absolute atomic E-state index is 0.360. The Morgan fingerprint density at radius 3 is 2.29 bits per heavy atom. The fraction of sp³-hybridized carbons (Fsp3) is 0.333. The van der Waals surface area contributed by atoms with Crippen LogP contribution in [0.2, 0.25) is 0 Å². The molecule has 4 nitrogen and oxygen atoms in total. The van der Waals surface area contributed by atoms with E-state index >= 15 is 0 Å². The van der Waals surface area contributed by atoms with Gasteiger partial charge in [-0.2, -0.15) is 4.31 Å². The van der Waals surface area contributed by atoms with Crippen LogP contribution in [-0.2, 0) is 23.0 Å². The predicted octanol–water partition coefficient (Wildman–Crippen LogP) is 3.10. The van der Waals surface area contributed by atoms with Crippen molar-refractivity contribution in [2.45, 2.75) is 31.0 Å². The molecule has 2 N–H and O–H groups in total. The Bertz CT molecular complexity index is 691. The summed E-state index contributed by atoms with van der Waals surface area (Å²) in [6.07, 6.45) is 0.851. The van der Waals surface area contributed by atoms with Crippen LogP contribution in [0.3, 0.4) is 0 Å². The maximum atomic E-state index is 12.7. The highest BCUT2D eigenvalue weighted by Crippen LogP contribution is 2.26. The molecule has 0 atom stereocenters. The lowest BCUT2D eigenvalue weighted by molar-refractivity contribution is 0.425. The molecule has 2 aromatic rings.